The fourth-order valence-corrected chi connectivity index (χ4v) is 2.72. The van der Waals surface area contributed by atoms with E-state index >= 15 is 0 Å². The Morgan fingerprint density at radius 2 is 1.80 bits per heavy atom. The highest BCUT2D eigenvalue weighted by molar-refractivity contribution is 5.97. The van der Waals surface area contributed by atoms with E-state index in [9.17, 15) is 9.59 Å². The summed E-state index contributed by atoms with van der Waals surface area (Å²) in [5.74, 6) is 1.19. The number of carbonyl (C=O) groups is 2. The lowest BCUT2D eigenvalue weighted by atomic mass is 10.0. The minimum atomic E-state index is -0.0828. The first-order valence-corrected chi connectivity index (χ1v) is 8.41. The molecule has 2 aromatic rings. The molecule has 5 nitrogen and oxygen atoms in total. The number of rotatable bonds is 6. The molecule has 1 amide bonds. The van der Waals surface area contributed by atoms with Crippen molar-refractivity contribution in [2.45, 2.75) is 26.2 Å². The molecule has 1 aliphatic rings. The largest absolute Gasteiger partial charge is 0.486 e. The van der Waals surface area contributed by atoms with E-state index in [1.807, 2.05) is 31.2 Å². The van der Waals surface area contributed by atoms with Crippen molar-refractivity contribution in [2.75, 3.05) is 18.5 Å². The monoisotopic (exact) mass is 339 g/mol. The molecular weight excluding hydrogens is 318 g/mol. The number of benzene rings is 2. The highest BCUT2D eigenvalue weighted by atomic mass is 16.6. The normalized spacial score (nSPS) is 12.5. The first-order chi connectivity index (χ1) is 12.1. The fraction of sp³-hybridized carbons (Fsp3) is 0.300. The van der Waals surface area contributed by atoms with Gasteiger partial charge in [-0.3, -0.25) is 9.59 Å². The van der Waals surface area contributed by atoms with Gasteiger partial charge in [0.2, 0.25) is 5.91 Å². The van der Waals surface area contributed by atoms with Crippen LogP contribution in [0.25, 0.3) is 0 Å². The number of ether oxygens (including phenoxy) is 2. The number of amides is 1. The topological polar surface area (TPSA) is 64.6 Å². The zero-order chi connectivity index (χ0) is 17.6. The highest BCUT2D eigenvalue weighted by Gasteiger charge is 2.15. The van der Waals surface area contributed by atoms with Gasteiger partial charge in [-0.05, 0) is 49.2 Å². The summed E-state index contributed by atoms with van der Waals surface area (Å²) in [4.78, 5) is 24.3. The summed E-state index contributed by atoms with van der Waals surface area (Å²) in [5.41, 5.74) is 2.46. The fourth-order valence-electron chi connectivity index (χ4n) is 2.72. The molecule has 130 valence electrons. The van der Waals surface area contributed by atoms with E-state index in [1.165, 1.54) is 0 Å². The van der Waals surface area contributed by atoms with Crippen molar-refractivity contribution >= 4 is 17.4 Å². The van der Waals surface area contributed by atoms with Crippen molar-refractivity contribution in [1.29, 1.82) is 0 Å². The highest BCUT2D eigenvalue weighted by Crippen LogP contribution is 2.31. The van der Waals surface area contributed by atoms with Gasteiger partial charge in [0.15, 0.2) is 17.3 Å². The van der Waals surface area contributed by atoms with Gasteiger partial charge in [0, 0.05) is 24.1 Å². The summed E-state index contributed by atoms with van der Waals surface area (Å²) >= 11 is 0. The summed E-state index contributed by atoms with van der Waals surface area (Å²) in [6.45, 7) is 2.99. The van der Waals surface area contributed by atoms with Crippen LogP contribution in [-0.2, 0) is 4.79 Å². The zero-order valence-corrected chi connectivity index (χ0v) is 14.2. The minimum absolute atomic E-state index is 0.000305. The van der Waals surface area contributed by atoms with Crippen LogP contribution in [0.5, 0.6) is 11.5 Å². The number of ketones is 1. The average molecular weight is 339 g/mol. The molecule has 0 spiro atoms. The zero-order valence-electron chi connectivity index (χ0n) is 14.2. The number of fused-ring (bicyclic) bond motifs is 1. The van der Waals surface area contributed by atoms with Crippen LogP contribution >= 0.6 is 0 Å². The van der Waals surface area contributed by atoms with Crippen molar-refractivity contribution < 1.29 is 19.1 Å². The molecule has 0 saturated carbocycles. The Kier molecular flexibility index (Phi) is 5.33. The van der Waals surface area contributed by atoms with E-state index in [2.05, 4.69) is 5.32 Å². The van der Waals surface area contributed by atoms with Crippen LogP contribution in [0.3, 0.4) is 0 Å². The van der Waals surface area contributed by atoms with Gasteiger partial charge in [-0.25, -0.2) is 0 Å². The molecule has 0 atom stereocenters. The van der Waals surface area contributed by atoms with E-state index in [1.54, 1.807) is 18.2 Å². The Balaban J connectivity index is 1.48. The Hall–Kier alpha value is -2.82. The van der Waals surface area contributed by atoms with Crippen molar-refractivity contribution in [2.24, 2.45) is 0 Å². The average Bonchev–Trinajstić information content (AvgIpc) is 2.61. The van der Waals surface area contributed by atoms with Crippen LogP contribution in [0.15, 0.2) is 42.5 Å². The van der Waals surface area contributed by atoms with Gasteiger partial charge in [0.1, 0.15) is 13.2 Å². The maximum absolute atomic E-state index is 12.3. The van der Waals surface area contributed by atoms with Gasteiger partial charge in [-0.2, -0.15) is 0 Å². The third kappa shape index (κ3) is 4.59. The predicted molar refractivity (Wildman–Crippen MR) is 95.4 cm³/mol. The molecule has 1 heterocycles. The second kappa shape index (κ2) is 7.83. The standard InChI is InChI=1S/C20H21NO4/c1-14-4-2-5-16(12-14)21-20(23)7-3-6-17(22)15-8-9-18-19(13-15)25-11-10-24-18/h2,4-5,8-9,12-13H,3,6-7,10-11H2,1H3,(H,21,23). The van der Waals surface area contributed by atoms with Crippen LogP contribution in [-0.4, -0.2) is 24.9 Å². The van der Waals surface area contributed by atoms with Crippen LogP contribution < -0.4 is 14.8 Å². The van der Waals surface area contributed by atoms with E-state index in [0.29, 0.717) is 49.5 Å². The second-order valence-corrected chi connectivity index (χ2v) is 6.05. The molecule has 0 aromatic heterocycles. The van der Waals surface area contributed by atoms with Gasteiger partial charge < -0.3 is 14.8 Å². The number of anilines is 1. The Morgan fingerprint density at radius 1 is 1.00 bits per heavy atom. The first kappa shape index (κ1) is 17.0. The van der Waals surface area contributed by atoms with Gasteiger partial charge in [0.05, 0.1) is 0 Å². The van der Waals surface area contributed by atoms with E-state index in [0.717, 1.165) is 11.3 Å². The van der Waals surface area contributed by atoms with Gasteiger partial charge >= 0.3 is 0 Å². The molecule has 25 heavy (non-hydrogen) atoms. The Morgan fingerprint density at radius 3 is 2.60 bits per heavy atom. The van der Waals surface area contributed by atoms with Gasteiger partial charge in [-0.15, -0.1) is 0 Å². The number of hydrogen-bond acceptors (Lipinski definition) is 4. The van der Waals surface area contributed by atoms with Gasteiger partial charge in [-0.1, -0.05) is 12.1 Å². The molecule has 3 rings (SSSR count). The molecule has 1 N–H and O–H groups in total. The minimum Gasteiger partial charge on any atom is -0.486 e. The summed E-state index contributed by atoms with van der Waals surface area (Å²) in [5, 5.41) is 2.85. The van der Waals surface area contributed by atoms with Crippen LogP contribution in [0.4, 0.5) is 5.69 Å². The van der Waals surface area contributed by atoms with E-state index < -0.39 is 0 Å². The number of carbonyl (C=O) groups excluding carboxylic acids is 2. The molecule has 1 aliphatic heterocycles. The van der Waals surface area contributed by atoms with Crippen molar-refractivity contribution in [3.63, 3.8) is 0 Å². The number of nitrogens with one attached hydrogen (secondary N) is 1. The summed E-state index contributed by atoms with van der Waals surface area (Å²) in [6.07, 6.45) is 1.13. The summed E-state index contributed by atoms with van der Waals surface area (Å²) in [6, 6.07) is 12.8. The van der Waals surface area contributed by atoms with Gasteiger partial charge in [0.25, 0.3) is 0 Å². The third-order valence-electron chi connectivity index (χ3n) is 3.97. The number of hydrogen-bond donors (Lipinski definition) is 1. The molecular formula is C20H21NO4. The summed E-state index contributed by atoms with van der Waals surface area (Å²) in [7, 11) is 0. The van der Waals surface area contributed by atoms with Crippen LogP contribution in [0.2, 0.25) is 0 Å². The lowest BCUT2D eigenvalue weighted by Gasteiger charge is -2.18. The SMILES string of the molecule is Cc1cccc(NC(=O)CCCC(=O)c2ccc3c(c2)OCCO3)c1. The van der Waals surface area contributed by atoms with Crippen molar-refractivity contribution in [3.8, 4) is 11.5 Å². The molecule has 0 unspecified atom stereocenters. The molecule has 0 radical (unpaired) electrons. The van der Waals surface area contributed by atoms with Crippen molar-refractivity contribution in [3.05, 3.63) is 53.6 Å². The lowest BCUT2D eigenvalue weighted by Crippen LogP contribution is -2.16. The molecule has 0 fully saturated rings. The smallest absolute Gasteiger partial charge is 0.224 e. The molecule has 2 aromatic carbocycles. The lowest BCUT2D eigenvalue weighted by molar-refractivity contribution is -0.116. The quantitative estimate of drug-likeness (QED) is 0.814. The number of aryl methyl sites for hydroxylation is 1. The van der Waals surface area contributed by atoms with Crippen molar-refractivity contribution in [1.82, 2.24) is 0 Å². The van der Waals surface area contributed by atoms with Crippen LogP contribution in [0, 0.1) is 6.92 Å². The molecule has 0 saturated heterocycles. The molecule has 5 heteroatoms. The molecule has 0 bridgehead atoms. The predicted octanol–water partition coefficient (Wildman–Crippen LogP) is 3.76. The summed E-state index contributed by atoms with van der Waals surface area (Å²) < 4.78 is 10.9. The Labute approximate surface area is 147 Å². The maximum Gasteiger partial charge on any atom is 0.224 e. The molecule has 0 aliphatic carbocycles. The second-order valence-electron chi connectivity index (χ2n) is 6.05. The van der Waals surface area contributed by atoms with E-state index in [-0.39, 0.29) is 11.7 Å². The first-order valence-electron chi connectivity index (χ1n) is 8.41. The third-order valence-corrected chi connectivity index (χ3v) is 3.97. The van der Waals surface area contributed by atoms with E-state index in [4.69, 9.17) is 9.47 Å². The Bertz CT molecular complexity index is 785. The number of Topliss-reactive ketones (excluding diaryl/α,β-unsaturated/α-hetero) is 1. The maximum atomic E-state index is 12.3. The van der Waals surface area contributed by atoms with Crippen LogP contribution in [0.1, 0.15) is 35.2 Å².